The third kappa shape index (κ3) is 6.54. The van der Waals surface area contributed by atoms with Gasteiger partial charge >= 0.3 is 0 Å². The minimum atomic E-state index is -0.0378. The first kappa shape index (κ1) is 19.5. The van der Waals surface area contributed by atoms with Gasteiger partial charge in [-0.15, -0.1) is 0 Å². The summed E-state index contributed by atoms with van der Waals surface area (Å²) < 4.78 is 11.1. The molecule has 2 rings (SSSR count). The molecule has 1 aromatic carbocycles. The Hall–Kier alpha value is -1.81. The van der Waals surface area contributed by atoms with Crippen LogP contribution in [0.4, 0.5) is 0 Å². The van der Waals surface area contributed by atoms with E-state index in [2.05, 4.69) is 25.2 Å². The monoisotopic (exact) mass is 345 g/mol. The molecule has 0 unspecified atom stereocenters. The molecule has 0 spiro atoms. The SMILES string of the molecule is COc1ccc(C(=O)NCCC2=CCCCC2)cc1COCC(C)C. The Kier molecular flexibility index (Phi) is 7.99. The van der Waals surface area contributed by atoms with Crippen molar-refractivity contribution in [2.45, 2.75) is 52.6 Å². The number of hydrogen-bond donors (Lipinski definition) is 1. The number of carbonyl (C=O) groups excluding carboxylic acids is 1. The summed E-state index contributed by atoms with van der Waals surface area (Å²) in [6.07, 6.45) is 8.21. The van der Waals surface area contributed by atoms with Gasteiger partial charge in [0, 0.05) is 24.3 Å². The Morgan fingerprint density at radius 1 is 1.28 bits per heavy atom. The molecule has 25 heavy (non-hydrogen) atoms. The first-order valence-electron chi connectivity index (χ1n) is 9.31. The van der Waals surface area contributed by atoms with Crippen molar-refractivity contribution in [3.63, 3.8) is 0 Å². The largest absolute Gasteiger partial charge is 0.496 e. The maximum absolute atomic E-state index is 12.4. The summed E-state index contributed by atoms with van der Waals surface area (Å²) in [5.41, 5.74) is 3.04. The van der Waals surface area contributed by atoms with E-state index in [1.807, 2.05) is 12.1 Å². The number of methoxy groups -OCH3 is 1. The fourth-order valence-corrected chi connectivity index (χ4v) is 3.01. The van der Waals surface area contributed by atoms with Crippen LogP contribution in [-0.4, -0.2) is 26.2 Å². The van der Waals surface area contributed by atoms with E-state index in [9.17, 15) is 4.79 Å². The molecule has 0 fully saturated rings. The Labute approximate surface area is 151 Å². The normalized spacial score (nSPS) is 14.3. The predicted molar refractivity (Wildman–Crippen MR) is 101 cm³/mol. The van der Waals surface area contributed by atoms with Crippen molar-refractivity contribution < 1.29 is 14.3 Å². The van der Waals surface area contributed by atoms with Gasteiger partial charge in [-0.3, -0.25) is 4.79 Å². The number of nitrogens with one attached hydrogen (secondary N) is 1. The summed E-state index contributed by atoms with van der Waals surface area (Å²) in [5.74, 6) is 1.20. The first-order valence-corrected chi connectivity index (χ1v) is 9.31. The van der Waals surface area contributed by atoms with Crippen LogP contribution in [0.25, 0.3) is 0 Å². The average molecular weight is 345 g/mol. The lowest BCUT2D eigenvalue weighted by Crippen LogP contribution is -2.25. The minimum absolute atomic E-state index is 0.0378. The van der Waals surface area contributed by atoms with Gasteiger partial charge in [0.25, 0.3) is 5.91 Å². The van der Waals surface area contributed by atoms with Crippen molar-refractivity contribution in [1.29, 1.82) is 0 Å². The highest BCUT2D eigenvalue weighted by atomic mass is 16.5. The highest BCUT2D eigenvalue weighted by Gasteiger charge is 2.11. The molecule has 1 N–H and O–H groups in total. The zero-order valence-electron chi connectivity index (χ0n) is 15.8. The molecular formula is C21H31NO3. The molecule has 4 heteroatoms. The van der Waals surface area contributed by atoms with Gasteiger partial charge in [0.2, 0.25) is 0 Å². The Bertz CT molecular complexity index is 593. The fraction of sp³-hybridized carbons (Fsp3) is 0.571. The van der Waals surface area contributed by atoms with Crippen molar-refractivity contribution in [2.75, 3.05) is 20.3 Å². The lowest BCUT2D eigenvalue weighted by atomic mass is 9.97. The topological polar surface area (TPSA) is 47.6 Å². The van der Waals surface area contributed by atoms with Gasteiger partial charge in [-0.25, -0.2) is 0 Å². The summed E-state index contributed by atoms with van der Waals surface area (Å²) in [4.78, 5) is 12.4. The molecule has 0 saturated carbocycles. The number of allylic oxidation sites excluding steroid dienone is 1. The van der Waals surface area contributed by atoms with E-state index in [0.717, 1.165) is 17.7 Å². The molecule has 4 nitrogen and oxygen atoms in total. The Balaban J connectivity index is 1.90. The average Bonchev–Trinajstić information content (AvgIpc) is 2.62. The van der Waals surface area contributed by atoms with Crippen LogP contribution in [-0.2, 0) is 11.3 Å². The van der Waals surface area contributed by atoms with Crippen molar-refractivity contribution in [1.82, 2.24) is 5.32 Å². The molecule has 0 atom stereocenters. The minimum Gasteiger partial charge on any atom is -0.496 e. The second-order valence-electron chi connectivity index (χ2n) is 7.05. The van der Waals surface area contributed by atoms with Crippen molar-refractivity contribution in [3.05, 3.63) is 41.0 Å². The Morgan fingerprint density at radius 3 is 2.80 bits per heavy atom. The Morgan fingerprint density at radius 2 is 2.12 bits per heavy atom. The predicted octanol–water partition coefficient (Wildman–Crippen LogP) is 4.49. The first-order chi connectivity index (χ1) is 12.1. The van der Waals surface area contributed by atoms with Gasteiger partial charge in [-0.1, -0.05) is 25.5 Å². The summed E-state index contributed by atoms with van der Waals surface area (Å²) >= 11 is 0. The molecule has 0 radical (unpaired) electrons. The van der Waals surface area contributed by atoms with E-state index in [1.165, 1.54) is 31.3 Å². The van der Waals surface area contributed by atoms with Crippen LogP contribution in [0.1, 0.15) is 61.9 Å². The molecule has 138 valence electrons. The quantitative estimate of drug-likeness (QED) is 0.671. The van der Waals surface area contributed by atoms with E-state index in [1.54, 1.807) is 13.2 Å². The van der Waals surface area contributed by atoms with Crippen LogP contribution in [0.3, 0.4) is 0 Å². The van der Waals surface area contributed by atoms with Crippen molar-refractivity contribution >= 4 is 5.91 Å². The van der Waals surface area contributed by atoms with E-state index >= 15 is 0 Å². The fourth-order valence-electron chi connectivity index (χ4n) is 3.01. The number of benzene rings is 1. The highest BCUT2D eigenvalue weighted by molar-refractivity contribution is 5.94. The second kappa shape index (κ2) is 10.2. The van der Waals surface area contributed by atoms with Gasteiger partial charge in [-0.05, 0) is 56.2 Å². The van der Waals surface area contributed by atoms with Gasteiger partial charge in [-0.2, -0.15) is 0 Å². The van der Waals surface area contributed by atoms with Crippen LogP contribution < -0.4 is 10.1 Å². The number of hydrogen-bond acceptors (Lipinski definition) is 3. The van der Waals surface area contributed by atoms with Gasteiger partial charge in [0.15, 0.2) is 0 Å². The van der Waals surface area contributed by atoms with Crippen LogP contribution in [0.5, 0.6) is 5.75 Å². The zero-order chi connectivity index (χ0) is 18.1. The van der Waals surface area contributed by atoms with Gasteiger partial charge < -0.3 is 14.8 Å². The molecular weight excluding hydrogens is 314 g/mol. The molecule has 0 bridgehead atoms. The van der Waals surface area contributed by atoms with Crippen LogP contribution in [0.2, 0.25) is 0 Å². The smallest absolute Gasteiger partial charge is 0.251 e. The summed E-state index contributed by atoms with van der Waals surface area (Å²) in [6.45, 7) is 6.06. The molecule has 1 aliphatic carbocycles. The summed E-state index contributed by atoms with van der Waals surface area (Å²) in [5, 5.41) is 3.02. The maximum atomic E-state index is 12.4. The molecule has 0 heterocycles. The lowest BCUT2D eigenvalue weighted by molar-refractivity contribution is 0.0939. The lowest BCUT2D eigenvalue weighted by Gasteiger charge is -2.14. The number of carbonyl (C=O) groups is 1. The van der Waals surface area contributed by atoms with Crippen molar-refractivity contribution in [3.8, 4) is 5.75 Å². The number of ether oxygens (including phenoxy) is 2. The zero-order valence-corrected chi connectivity index (χ0v) is 15.8. The number of amides is 1. The molecule has 1 aliphatic rings. The molecule has 1 aromatic rings. The molecule has 0 saturated heterocycles. The van der Waals surface area contributed by atoms with Gasteiger partial charge in [0.1, 0.15) is 5.75 Å². The summed E-state index contributed by atoms with van der Waals surface area (Å²) in [7, 11) is 1.64. The van der Waals surface area contributed by atoms with E-state index < -0.39 is 0 Å². The molecule has 0 aromatic heterocycles. The molecule has 1 amide bonds. The van der Waals surface area contributed by atoms with Crippen molar-refractivity contribution in [2.24, 2.45) is 5.92 Å². The second-order valence-corrected chi connectivity index (χ2v) is 7.05. The third-order valence-corrected chi connectivity index (χ3v) is 4.37. The van der Waals surface area contributed by atoms with Crippen LogP contribution >= 0.6 is 0 Å². The van der Waals surface area contributed by atoms with Gasteiger partial charge in [0.05, 0.1) is 13.7 Å². The van der Waals surface area contributed by atoms with Crippen LogP contribution in [0.15, 0.2) is 29.8 Å². The van der Waals surface area contributed by atoms with Crippen LogP contribution in [0, 0.1) is 5.92 Å². The van der Waals surface area contributed by atoms with E-state index in [-0.39, 0.29) is 5.91 Å². The standard InChI is InChI=1S/C21H31NO3/c1-16(2)14-25-15-19-13-18(9-10-20(19)24-3)21(23)22-12-11-17-7-5-4-6-8-17/h7,9-10,13,16H,4-6,8,11-12,14-15H2,1-3H3,(H,22,23). The summed E-state index contributed by atoms with van der Waals surface area (Å²) in [6, 6.07) is 5.51. The third-order valence-electron chi connectivity index (χ3n) is 4.37. The van der Waals surface area contributed by atoms with E-state index in [0.29, 0.717) is 31.2 Å². The maximum Gasteiger partial charge on any atom is 0.251 e. The van der Waals surface area contributed by atoms with E-state index in [4.69, 9.17) is 9.47 Å². The number of rotatable bonds is 9. The molecule has 0 aliphatic heterocycles. The highest BCUT2D eigenvalue weighted by Crippen LogP contribution is 2.22.